The van der Waals surface area contributed by atoms with Gasteiger partial charge >= 0.3 is 0 Å². The zero-order valence-corrected chi connectivity index (χ0v) is 11.6. The summed E-state index contributed by atoms with van der Waals surface area (Å²) in [5.41, 5.74) is 7.30. The summed E-state index contributed by atoms with van der Waals surface area (Å²) in [5.74, 6) is 2.70. The van der Waals surface area contributed by atoms with Gasteiger partial charge in [0.15, 0.2) is 0 Å². The molecular formula is C14H20N2OS. The molecule has 0 fully saturated rings. The van der Waals surface area contributed by atoms with Gasteiger partial charge < -0.3 is 10.5 Å². The summed E-state index contributed by atoms with van der Waals surface area (Å²) in [5, 5.41) is 0.384. The average Bonchev–Trinajstić information content (AvgIpc) is 2.62. The number of rotatable bonds is 4. The molecule has 3 nitrogen and oxygen atoms in total. The van der Waals surface area contributed by atoms with Crippen LogP contribution in [0.2, 0.25) is 0 Å². The molecule has 0 saturated heterocycles. The number of amidine groups is 1. The zero-order chi connectivity index (χ0) is 12.8. The van der Waals surface area contributed by atoms with Gasteiger partial charge in [0.05, 0.1) is 12.4 Å². The first-order valence-electron chi connectivity index (χ1n) is 6.34. The lowest BCUT2D eigenvalue weighted by atomic mass is 10.2. The molecule has 4 heteroatoms. The molecule has 1 unspecified atom stereocenters. The first-order chi connectivity index (χ1) is 8.79. The van der Waals surface area contributed by atoms with Crippen LogP contribution in [0.25, 0.3) is 0 Å². The van der Waals surface area contributed by atoms with Crippen LogP contribution in [0.4, 0.5) is 0 Å². The Kier molecular flexibility index (Phi) is 4.93. The Morgan fingerprint density at radius 2 is 2.11 bits per heavy atom. The van der Waals surface area contributed by atoms with Crippen LogP contribution in [-0.2, 0) is 5.75 Å². The molecule has 0 bridgehead atoms. The molecule has 1 atom stereocenters. The van der Waals surface area contributed by atoms with E-state index in [-0.39, 0.29) is 0 Å². The second-order valence-electron chi connectivity index (χ2n) is 4.45. The molecule has 2 N–H and O–H groups in total. The van der Waals surface area contributed by atoms with E-state index in [1.54, 1.807) is 7.11 Å². The fourth-order valence-electron chi connectivity index (χ4n) is 1.99. The van der Waals surface area contributed by atoms with Gasteiger partial charge in [-0.05, 0) is 30.5 Å². The normalized spacial score (nSPS) is 20.1. The highest BCUT2D eigenvalue weighted by molar-refractivity contribution is 7.99. The number of benzene rings is 1. The summed E-state index contributed by atoms with van der Waals surface area (Å²) in [6.07, 6.45) is 3.54. The average molecular weight is 264 g/mol. The molecule has 1 aliphatic heterocycles. The summed E-state index contributed by atoms with van der Waals surface area (Å²) in [7, 11) is 1.69. The zero-order valence-electron chi connectivity index (χ0n) is 10.8. The van der Waals surface area contributed by atoms with Crippen LogP contribution in [0.15, 0.2) is 29.3 Å². The number of aliphatic imine (C=N–C) groups is 1. The molecule has 1 aromatic carbocycles. The van der Waals surface area contributed by atoms with Crippen LogP contribution in [0.1, 0.15) is 24.8 Å². The van der Waals surface area contributed by atoms with Crippen LogP contribution in [-0.4, -0.2) is 24.7 Å². The third-order valence-corrected chi connectivity index (χ3v) is 4.49. The van der Waals surface area contributed by atoms with E-state index in [1.807, 2.05) is 23.9 Å². The smallest absolute Gasteiger partial charge is 0.118 e. The van der Waals surface area contributed by atoms with Crippen molar-refractivity contribution in [3.05, 3.63) is 29.8 Å². The van der Waals surface area contributed by atoms with E-state index < -0.39 is 0 Å². The SMILES string of the molecule is COc1ccc(CSC2CCCCN=C2N)cc1. The first kappa shape index (κ1) is 13.3. The van der Waals surface area contributed by atoms with Crippen molar-refractivity contribution < 1.29 is 4.74 Å². The minimum absolute atomic E-state index is 0.384. The summed E-state index contributed by atoms with van der Waals surface area (Å²) in [4.78, 5) is 4.40. The standard InChI is InChI=1S/C14H20N2OS/c1-17-12-7-5-11(6-8-12)10-18-13-4-2-3-9-16-14(13)15/h5-8,13H,2-4,9-10H2,1H3,(H2,15,16). The van der Waals surface area contributed by atoms with Crippen molar-refractivity contribution in [3.63, 3.8) is 0 Å². The Labute approximate surface area is 113 Å². The van der Waals surface area contributed by atoms with E-state index in [1.165, 1.54) is 18.4 Å². The maximum Gasteiger partial charge on any atom is 0.118 e. The summed E-state index contributed by atoms with van der Waals surface area (Å²) in [6.45, 7) is 0.894. The first-order valence-corrected chi connectivity index (χ1v) is 7.39. The Hall–Kier alpha value is -1.16. The second-order valence-corrected chi connectivity index (χ2v) is 5.64. The molecule has 18 heavy (non-hydrogen) atoms. The number of ether oxygens (including phenoxy) is 1. The van der Waals surface area contributed by atoms with E-state index >= 15 is 0 Å². The third kappa shape index (κ3) is 3.67. The molecule has 1 heterocycles. The largest absolute Gasteiger partial charge is 0.497 e. The fourth-order valence-corrected chi connectivity index (χ4v) is 3.15. The van der Waals surface area contributed by atoms with E-state index in [9.17, 15) is 0 Å². The van der Waals surface area contributed by atoms with E-state index in [2.05, 4.69) is 17.1 Å². The molecule has 1 aliphatic rings. The Bertz CT molecular complexity index is 403. The molecule has 0 amide bonds. The molecule has 0 spiro atoms. The van der Waals surface area contributed by atoms with Crippen molar-refractivity contribution in [2.45, 2.75) is 30.3 Å². The second kappa shape index (κ2) is 6.69. The maximum absolute atomic E-state index is 6.00. The summed E-state index contributed by atoms with van der Waals surface area (Å²) in [6, 6.07) is 8.21. The third-order valence-electron chi connectivity index (χ3n) is 3.11. The quantitative estimate of drug-likeness (QED) is 0.909. The Morgan fingerprint density at radius 3 is 2.83 bits per heavy atom. The van der Waals surface area contributed by atoms with Crippen molar-refractivity contribution in [1.29, 1.82) is 0 Å². The van der Waals surface area contributed by atoms with Gasteiger partial charge in [0.25, 0.3) is 0 Å². The van der Waals surface area contributed by atoms with Crippen molar-refractivity contribution in [1.82, 2.24) is 0 Å². The lowest BCUT2D eigenvalue weighted by molar-refractivity contribution is 0.414. The van der Waals surface area contributed by atoms with Gasteiger partial charge in [0.2, 0.25) is 0 Å². The lowest BCUT2D eigenvalue weighted by Gasteiger charge is -2.14. The number of methoxy groups -OCH3 is 1. The van der Waals surface area contributed by atoms with E-state index in [0.717, 1.165) is 30.3 Å². The van der Waals surface area contributed by atoms with Crippen LogP contribution in [0, 0.1) is 0 Å². The minimum Gasteiger partial charge on any atom is -0.497 e. The van der Waals surface area contributed by atoms with Crippen LogP contribution >= 0.6 is 11.8 Å². The highest BCUT2D eigenvalue weighted by Gasteiger charge is 2.15. The van der Waals surface area contributed by atoms with Gasteiger partial charge in [-0.2, -0.15) is 0 Å². The van der Waals surface area contributed by atoms with Crippen LogP contribution in [0.3, 0.4) is 0 Å². The predicted octanol–water partition coefficient (Wildman–Crippen LogP) is 2.84. The highest BCUT2D eigenvalue weighted by Crippen LogP contribution is 2.25. The van der Waals surface area contributed by atoms with Gasteiger partial charge in [-0.15, -0.1) is 11.8 Å². The minimum atomic E-state index is 0.384. The molecule has 0 aromatic heterocycles. The number of nitrogens with two attached hydrogens (primary N) is 1. The van der Waals surface area contributed by atoms with E-state index in [4.69, 9.17) is 10.5 Å². The molecule has 1 aromatic rings. The molecule has 98 valence electrons. The van der Waals surface area contributed by atoms with Crippen LogP contribution in [0.5, 0.6) is 5.75 Å². The number of nitrogens with zero attached hydrogens (tertiary/aromatic N) is 1. The number of thioether (sulfide) groups is 1. The maximum atomic E-state index is 6.00. The molecular weight excluding hydrogens is 244 g/mol. The van der Waals surface area contributed by atoms with Gasteiger partial charge in [0, 0.05) is 12.3 Å². The van der Waals surface area contributed by atoms with Crippen molar-refractivity contribution in [2.75, 3.05) is 13.7 Å². The molecule has 0 saturated carbocycles. The topological polar surface area (TPSA) is 47.6 Å². The monoisotopic (exact) mass is 264 g/mol. The van der Waals surface area contributed by atoms with Crippen LogP contribution < -0.4 is 10.5 Å². The van der Waals surface area contributed by atoms with E-state index in [0.29, 0.717) is 5.25 Å². The lowest BCUT2D eigenvalue weighted by Crippen LogP contribution is -2.25. The fraction of sp³-hybridized carbons (Fsp3) is 0.500. The molecule has 2 rings (SSSR count). The van der Waals surface area contributed by atoms with Crippen molar-refractivity contribution >= 4 is 17.6 Å². The van der Waals surface area contributed by atoms with Gasteiger partial charge in [0.1, 0.15) is 11.6 Å². The predicted molar refractivity (Wildman–Crippen MR) is 78.4 cm³/mol. The Morgan fingerprint density at radius 1 is 1.33 bits per heavy atom. The number of hydrogen-bond acceptors (Lipinski definition) is 4. The Balaban J connectivity index is 1.89. The molecule has 0 radical (unpaired) electrons. The number of hydrogen-bond donors (Lipinski definition) is 1. The van der Waals surface area contributed by atoms with Crippen molar-refractivity contribution in [2.24, 2.45) is 10.7 Å². The van der Waals surface area contributed by atoms with Crippen molar-refractivity contribution in [3.8, 4) is 5.75 Å². The highest BCUT2D eigenvalue weighted by atomic mass is 32.2. The summed E-state index contributed by atoms with van der Waals surface area (Å²) >= 11 is 1.89. The van der Waals surface area contributed by atoms with Gasteiger partial charge in [-0.25, -0.2) is 0 Å². The van der Waals surface area contributed by atoms with Gasteiger partial charge in [-0.1, -0.05) is 18.6 Å². The molecule has 0 aliphatic carbocycles. The summed E-state index contributed by atoms with van der Waals surface area (Å²) < 4.78 is 5.15. The van der Waals surface area contributed by atoms with Gasteiger partial charge in [-0.3, -0.25) is 4.99 Å².